The molecule has 0 radical (unpaired) electrons. The summed E-state index contributed by atoms with van der Waals surface area (Å²) in [5, 5.41) is 4.08. The van der Waals surface area contributed by atoms with Crippen LogP contribution < -0.4 is 10.6 Å². The van der Waals surface area contributed by atoms with Gasteiger partial charge in [0.15, 0.2) is 17.5 Å². The van der Waals surface area contributed by atoms with Gasteiger partial charge in [0, 0.05) is 4.90 Å². The number of anilines is 1. The van der Waals surface area contributed by atoms with Gasteiger partial charge in [-0.25, -0.2) is 13.2 Å². The highest BCUT2D eigenvalue weighted by molar-refractivity contribution is 8.00. The molecule has 27 heavy (non-hydrogen) atoms. The molecule has 0 aliphatic rings. The van der Waals surface area contributed by atoms with Crippen molar-refractivity contribution < 1.29 is 22.8 Å². The van der Waals surface area contributed by atoms with E-state index in [1.54, 1.807) is 6.92 Å². The first-order valence-electron chi connectivity index (χ1n) is 8.14. The highest BCUT2D eigenvalue weighted by atomic mass is 32.2. The molecule has 1 unspecified atom stereocenters. The third kappa shape index (κ3) is 5.50. The van der Waals surface area contributed by atoms with Crippen molar-refractivity contribution in [3.63, 3.8) is 0 Å². The van der Waals surface area contributed by atoms with Crippen LogP contribution in [0.3, 0.4) is 0 Å². The summed E-state index contributed by atoms with van der Waals surface area (Å²) in [7, 11) is 0. The second kappa shape index (κ2) is 8.94. The van der Waals surface area contributed by atoms with E-state index in [1.807, 2.05) is 32.0 Å². The van der Waals surface area contributed by atoms with Crippen molar-refractivity contribution in [2.75, 3.05) is 11.9 Å². The van der Waals surface area contributed by atoms with Crippen LogP contribution in [0.4, 0.5) is 18.9 Å². The average Bonchev–Trinajstić information content (AvgIpc) is 2.63. The summed E-state index contributed by atoms with van der Waals surface area (Å²) in [6, 6.07) is 7.53. The number of carbonyl (C=O) groups excluding carboxylic acids is 2. The van der Waals surface area contributed by atoms with Gasteiger partial charge in [-0.2, -0.15) is 0 Å². The van der Waals surface area contributed by atoms with Crippen LogP contribution in [0.2, 0.25) is 0 Å². The molecule has 0 spiro atoms. The van der Waals surface area contributed by atoms with Gasteiger partial charge in [0.05, 0.1) is 17.5 Å². The lowest BCUT2D eigenvalue weighted by molar-refractivity contribution is -0.123. The van der Waals surface area contributed by atoms with Gasteiger partial charge in [-0.15, -0.1) is 11.8 Å². The molecule has 0 aliphatic heterocycles. The fourth-order valence-electron chi connectivity index (χ4n) is 2.21. The van der Waals surface area contributed by atoms with Crippen LogP contribution in [0.1, 0.15) is 18.1 Å². The molecule has 2 aromatic rings. The molecule has 0 saturated heterocycles. The maximum atomic E-state index is 13.5. The lowest BCUT2D eigenvalue weighted by atomic mass is 10.2. The standard InChI is InChI=1S/C19H19F3N2O2S/c1-10-4-5-11(2)15(8-10)27-12(3)19(26)23-9-16(25)24-14-7-6-13(20)17(21)18(14)22/h4-8,12H,9H2,1-3H3,(H,23,26)(H,24,25). The number of rotatable bonds is 6. The Hall–Kier alpha value is -2.48. The minimum atomic E-state index is -1.67. The van der Waals surface area contributed by atoms with Crippen LogP contribution in [-0.2, 0) is 9.59 Å². The molecule has 1 atom stereocenters. The summed E-state index contributed by atoms with van der Waals surface area (Å²) in [5.41, 5.74) is 1.62. The maximum Gasteiger partial charge on any atom is 0.243 e. The van der Waals surface area contributed by atoms with Crippen molar-refractivity contribution in [3.05, 3.63) is 58.9 Å². The molecule has 2 N–H and O–H groups in total. The number of benzene rings is 2. The maximum absolute atomic E-state index is 13.5. The number of hydrogen-bond acceptors (Lipinski definition) is 3. The summed E-state index contributed by atoms with van der Waals surface area (Å²) < 4.78 is 39.6. The summed E-state index contributed by atoms with van der Waals surface area (Å²) >= 11 is 1.36. The predicted molar refractivity (Wildman–Crippen MR) is 99.2 cm³/mol. The molecule has 0 heterocycles. The Kier molecular flexibility index (Phi) is 6.90. The first kappa shape index (κ1) is 20.8. The van der Waals surface area contributed by atoms with Gasteiger partial charge in [0.25, 0.3) is 0 Å². The van der Waals surface area contributed by atoms with Crippen LogP contribution in [0, 0.1) is 31.3 Å². The first-order valence-corrected chi connectivity index (χ1v) is 9.02. The molecule has 2 aromatic carbocycles. The van der Waals surface area contributed by atoms with Gasteiger partial charge in [-0.05, 0) is 44.5 Å². The van der Waals surface area contributed by atoms with E-state index in [0.29, 0.717) is 6.07 Å². The van der Waals surface area contributed by atoms with E-state index in [9.17, 15) is 22.8 Å². The molecule has 0 aliphatic carbocycles. The molecule has 144 valence electrons. The Morgan fingerprint density at radius 3 is 2.48 bits per heavy atom. The van der Waals surface area contributed by atoms with Crippen LogP contribution >= 0.6 is 11.8 Å². The number of hydrogen-bond donors (Lipinski definition) is 2. The average molecular weight is 396 g/mol. The first-order chi connectivity index (χ1) is 12.7. The Labute approximate surface area is 159 Å². The van der Waals surface area contributed by atoms with Gasteiger partial charge >= 0.3 is 0 Å². The Bertz CT molecular complexity index is 874. The van der Waals surface area contributed by atoms with Crippen molar-refractivity contribution in [2.45, 2.75) is 30.9 Å². The molecule has 4 nitrogen and oxygen atoms in total. The van der Waals surface area contributed by atoms with Crippen molar-refractivity contribution in [1.82, 2.24) is 5.32 Å². The van der Waals surface area contributed by atoms with Crippen LogP contribution in [0.5, 0.6) is 0 Å². The van der Waals surface area contributed by atoms with E-state index in [1.165, 1.54) is 11.8 Å². The van der Waals surface area contributed by atoms with E-state index in [4.69, 9.17) is 0 Å². The van der Waals surface area contributed by atoms with Crippen molar-refractivity contribution >= 4 is 29.3 Å². The van der Waals surface area contributed by atoms with Crippen molar-refractivity contribution in [1.29, 1.82) is 0 Å². The number of amides is 2. The highest BCUT2D eigenvalue weighted by Crippen LogP contribution is 2.27. The van der Waals surface area contributed by atoms with Gasteiger partial charge in [0.2, 0.25) is 11.8 Å². The molecule has 2 amide bonds. The zero-order valence-electron chi connectivity index (χ0n) is 15.0. The van der Waals surface area contributed by atoms with Crippen LogP contribution in [0.25, 0.3) is 0 Å². The number of halogens is 3. The minimum Gasteiger partial charge on any atom is -0.346 e. The molecular weight excluding hydrogens is 377 g/mol. The molecule has 8 heteroatoms. The molecule has 0 aromatic heterocycles. The molecule has 0 fully saturated rings. The van der Waals surface area contributed by atoms with Gasteiger partial charge in [0.1, 0.15) is 0 Å². The fourth-order valence-corrected chi connectivity index (χ4v) is 3.29. The molecular formula is C19H19F3N2O2S. The van der Waals surface area contributed by atoms with E-state index in [-0.39, 0.29) is 5.91 Å². The highest BCUT2D eigenvalue weighted by Gasteiger charge is 2.18. The molecule has 0 saturated carbocycles. The Morgan fingerprint density at radius 2 is 1.78 bits per heavy atom. The second-order valence-electron chi connectivity index (χ2n) is 6.02. The summed E-state index contributed by atoms with van der Waals surface area (Å²) in [5.74, 6) is -5.64. The van der Waals surface area contributed by atoms with Gasteiger partial charge < -0.3 is 10.6 Å². The Balaban J connectivity index is 1.90. The lowest BCUT2D eigenvalue weighted by Gasteiger charge is -2.14. The summed E-state index contributed by atoms with van der Waals surface area (Å²) in [6.07, 6.45) is 0. The van der Waals surface area contributed by atoms with Crippen LogP contribution in [0.15, 0.2) is 35.2 Å². The van der Waals surface area contributed by atoms with E-state index < -0.39 is 40.8 Å². The van der Waals surface area contributed by atoms with E-state index in [2.05, 4.69) is 10.6 Å². The zero-order valence-corrected chi connectivity index (χ0v) is 15.8. The predicted octanol–water partition coefficient (Wildman–Crippen LogP) is 3.96. The third-order valence-corrected chi connectivity index (χ3v) is 5.01. The third-order valence-electron chi connectivity index (χ3n) is 3.75. The fraction of sp³-hybridized carbons (Fsp3) is 0.263. The number of thioether (sulfide) groups is 1. The number of nitrogens with one attached hydrogen (secondary N) is 2. The largest absolute Gasteiger partial charge is 0.346 e. The zero-order chi connectivity index (χ0) is 20.1. The SMILES string of the molecule is Cc1ccc(C)c(SC(C)C(=O)NCC(=O)Nc2ccc(F)c(F)c2F)c1. The topological polar surface area (TPSA) is 58.2 Å². The molecule has 2 rings (SSSR count). The second-order valence-corrected chi connectivity index (χ2v) is 7.40. The van der Waals surface area contributed by atoms with E-state index >= 15 is 0 Å². The summed E-state index contributed by atoms with van der Waals surface area (Å²) in [6.45, 7) is 5.18. The lowest BCUT2D eigenvalue weighted by Crippen LogP contribution is -2.37. The minimum absolute atomic E-state index is 0.373. The van der Waals surface area contributed by atoms with Crippen molar-refractivity contribution in [2.24, 2.45) is 0 Å². The quantitative estimate of drug-likeness (QED) is 0.574. The van der Waals surface area contributed by atoms with Gasteiger partial charge in [-0.3, -0.25) is 9.59 Å². The van der Waals surface area contributed by atoms with Gasteiger partial charge in [-0.1, -0.05) is 17.7 Å². The molecule has 0 bridgehead atoms. The number of carbonyl (C=O) groups is 2. The smallest absolute Gasteiger partial charge is 0.243 e. The van der Waals surface area contributed by atoms with E-state index in [0.717, 1.165) is 22.1 Å². The summed E-state index contributed by atoms with van der Waals surface area (Å²) in [4.78, 5) is 25.0. The number of aryl methyl sites for hydroxylation is 2. The van der Waals surface area contributed by atoms with Crippen LogP contribution in [-0.4, -0.2) is 23.6 Å². The Morgan fingerprint density at radius 1 is 1.07 bits per heavy atom. The van der Waals surface area contributed by atoms with Crippen molar-refractivity contribution in [3.8, 4) is 0 Å². The normalized spacial score (nSPS) is 11.8. The monoisotopic (exact) mass is 396 g/mol.